The summed E-state index contributed by atoms with van der Waals surface area (Å²) in [7, 11) is 0. The minimum Gasteiger partial charge on any atom is -1.00 e. The van der Waals surface area contributed by atoms with Crippen molar-refractivity contribution in [1.29, 1.82) is 0 Å². The summed E-state index contributed by atoms with van der Waals surface area (Å²) in [6, 6.07) is 26.1. The van der Waals surface area contributed by atoms with Gasteiger partial charge in [0.2, 0.25) is 0 Å². The number of quaternary nitrogens is 1. The van der Waals surface area contributed by atoms with Crippen LogP contribution in [-0.4, -0.2) is 29.4 Å². The average Bonchev–Trinajstić information content (AvgIpc) is 2.84. The molecule has 3 aromatic carbocycles. The van der Waals surface area contributed by atoms with Crippen LogP contribution in [0.4, 0.5) is 5.69 Å². The fraction of sp³-hybridized carbons (Fsp3) is 0.214. The molecular weight excluding hydrogens is 448 g/mol. The molecule has 0 bridgehead atoms. The van der Waals surface area contributed by atoms with Crippen LogP contribution in [0.25, 0.3) is 6.08 Å². The number of nitrogens with one attached hydrogen (secondary N) is 1. The van der Waals surface area contributed by atoms with Crippen molar-refractivity contribution in [3.05, 3.63) is 107 Å². The third-order valence-corrected chi connectivity index (χ3v) is 5.53. The Morgan fingerprint density at radius 2 is 1.62 bits per heavy atom. The van der Waals surface area contributed by atoms with E-state index < -0.39 is 6.10 Å². The Hall–Kier alpha value is -3.25. The van der Waals surface area contributed by atoms with Crippen LogP contribution in [0.3, 0.4) is 0 Å². The van der Waals surface area contributed by atoms with E-state index in [-0.39, 0.29) is 30.1 Å². The molecule has 0 aliphatic rings. The summed E-state index contributed by atoms with van der Waals surface area (Å²) in [5.41, 5.74) is 3.55. The number of Topliss-reactive ketones (excluding diaryl/α,β-unsaturated/α-hetero) is 1. The van der Waals surface area contributed by atoms with Gasteiger partial charge in [-0.3, -0.25) is 9.59 Å². The molecule has 1 amide bonds. The number of amides is 1. The topological polar surface area (TPSA) is 83.0 Å². The average molecular weight is 479 g/mol. The first-order valence-electron chi connectivity index (χ1n) is 11.2. The second kappa shape index (κ2) is 13.5. The molecule has 0 aliphatic carbocycles. The number of hydrogen-bond donors (Lipinski definition) is 3. The predicted octanol–water partition coefficient (Wildman–Crippen LogP) is 0.991. The summed E-state index contributed by atoms with van der Waals surface area (Å²) >= 11 is 0. The molecule has 3 rings (SSSR count). The Morgan fingerprint density at radius 3 is 2.29 bits per heavy atom. The molecule has 3 aromatic rings. The normalized spacial score (nSPS) is 12.9. The quantitative estimate of drug-likeness (QED) is 0.300. The van der Waals surface area contributed by atoms with E-state index in [0.29, 0.717) is 29.8 Å². The van der Waals surface area contributed by atoms with Crippen molar-refractivity contribution in [1.82, 2.24) is 0 Å². The first-order chi connectivity index (χ1) is 15.9. The maximum Gasteiger partial charge on any atom is 0.251 e. The SMILES string of the molecule is C/C(=C\c1ccccc1)C(=O)Nc1cccc(C(=O)CC[NH2+]C(C)C(O)c2ccccc2)c1.[Cl-]. The fourth-order valence-electron chi connectivity index (χ4n) is 3.57. The van der Waals surface area contributed by atoms with Gasteiger partial charge in [-0.1, -0.05) is 72.8 Å². The molecule has 0 aliphatic heterocycles. The van der Waals surface area contributed by atoms with Crippen LogP contribution in [0.1, 0.15) is 47.9 Å². The van der Waals surface area contributed by atoms with Gasteiger partial charge in [0.1, 0.15) is 12.1 Å². The number of halogens is 1. The van der Waals surface area contributed by atoms with E-state index in [9.17, 15) is 14.7 Å². The Kier molecular flexibility index (Phi) is 10.7. The number of aliphatic hydroxyl groups is 1. The van der Waals surface area contributed by atoms with Crippen molar-refractivity contribution >= 4 is 23.5 Å². The molecule has 0 spiro atoms. The molecule has 0 heterocycles. The number of ketones is 1. The zero-order chi connectivity index (χ0) is 23.6. The highest BCUT2D eigenvalue weighted by atomic mass is 35.5. The molecular formula is C28H31ClN2O3. The molecule has 2 atom stereocenters. The van der Waals surface area contributed by atoms with Gasteiger partial charge < -0.3 is 28.1 Å². The Morgan fingerprint density at radius 1 is 0.971 bits per heavy atom. The van der Waals surface area contributed by atoms with Crippen LogP contribution < -0.4 is 23.0 Å². The summed E-state index contributed by atoms with van der Waals surface area (Å²) in [6.07, 6.45) is 1.58. The van der Waals surface area contributed by atoms with E-state index in [4.69, 9.17) is 0 Å². The van der Waals surface area contributed by atoms with Crippen molar-refractivity contribution < 1.29 is 32.4 Å². The molecule has 0 saturated carbocycles. The monoisotopic (exact) mass is 478 g/mol. The molecule has 0 aromatic heterocycles. The van der Waals surface area contributed by atoms with E-state index in [1.807, 2.05) is 79.0 Å². The molecule has 34 heavy (non-hydrogen) atoms. The van der Waals surface area contributed by atoms with Crippen molar-refractivity contribution in [2.24, 2.45) is 0 Å². The zero-order valence-electron chi connectivity index (χ0n) is 19.4. The number of carbonyl (C=O) groups is 2. The number of carbonyl (C=O) groups excluding carboxylic acids is 2. The molecule has 0 radical (unpaired) electrons. The molecule has 4 N–H and O–H groups in total. The van der Waals surface area contributed by atoms with E-state index in [1.165, 1.54) is 0 Å². The maximum atomic E-state index is 12.7. The molecule has 0 fully saturated rings. The standard InChI is InChI=1S/C28H30N2O3.ClH/c1-20(18-22-10-5-3-6-11-22)28(33)30-25-15-9-14-24(19-25)26(31)16-17-29-21(2)27(32)23-12-7-4-8-13-23;/h3-15,18-19,21,27,29,32H,16-17H2,1-2H3,(H,30,33);1H/b20-18+;. The maximum absolute atomic E-state index is 12.7. The van der Waals surface area contributed by atoms with E-state index in [2.05, 4.69) is 5.32 Å². The number of benzene rings is 3. The predicted molar refractivity (Wildman–Crippen MR) is 132 cm³/mol. The van der Waals surface area contributed by atoms with Crippen LogP contribution in [0, 0.1) is 0 Å². The number of hydrogen-bond acceptors (Lipinski definition) is 3. The first-order valence-corrected chi connectivity index (χ1v) is 11.2. The Labute approximate surface area is 207 Å². The smallest absolute Gasteiger partial charge is 0.251 e. The third-order valence-electron chi connectivity index (χ3n) is 5.53. The third kappa shape index (κ3) is 7.96. The lowest BCUT2D eigenvalue weighted by Gasteiger charge is -2.17. The minimum atomic E-state index is -0.591. The fourth-order valence-corrected chi connectivity index (χ4v) is 3.57. The van der Waals surface area contributed by atoms with Crippen LogP contribution in [-0.2, 0) is 4.79 Å². The lowest BCUT2D eigenvalue weighted by atomic mass is 10.0. The highest BCUT2D eigenvalue weighted by molar-refractivity contribution is 6.07. The highest BCUT2D eigenvalue weighted by Gasteiger charge is 2.19. The zero-order valence-corrected chi connectivity index (χ0v) is 20.2. The Bertz CT molecular complexity index is 1100. The van der Waals surface area contributed by atoms with Gasteiger partial charge in [-0.2, -0.15) is 0 Å². The van der Waals surface area contributed by atoms with Crippen LogP contribution in [0.2, 0.25) is 0 Å². The second-order valence-corrected chi connectivity index (χ2v) is 8.19. The Balaban J connectivity index is 0.00000408. The van der Waals surface area contributed by atoms with Crippen molar-refractivity contribution in [2.75, 3.05) is 11.9 Å². The lowest BCUT2D eigenvalue weighted by Crippen LogP contribution is -3.00. The highest BCUT2D eigenvalue weighted by Crippen LogP contribution is 2.16. The molecule has 2 unspecified atom stereocenters. The first kappa shape index (κ1) is 27.0. The number of nitrogens with two attached hydrogens (primary N) is 1. The summed E-state index contributed by atoms with van der Waals surface area (Å²) < 4.78 is 0. The van der Waals surface area contributed by atoms with Crippen molar-refractivity contribution in [3.63, 3.8) is 0 Å². The summed E-state index contributed by atoms with van der Waals surface area (Å²) in [4.78, 5) is 25.2. The molecule has 6 heteroatoms. The number of aliphatic hydroxyl groups excluding tert-OH is 1. The van der Waals surface area contributed by atoms with E-state index in [0.717, 1.165) is 11.1 Å². The molecule has 0 saturated heterocycles. The van der Waals surface area contributed by atoms with Gasteiger partial charge in [0.25, 0.3) is 5.91 Å². The van der Waals surface area contributed by atoms with Crippen molar-refractivity contribution in [2.45, 2.75) is 32.4 Å². The van der Waals surface area contributed by atoms with Crippen LogP contribution in [0.5, 0.6) is 0 Å². The van der Waals surface area contributed by atoms with E-state index >= 15 is 0 Å². The summed E-state index contributed by atoms with van der Waals surface area (Å²) in [6.45, 7) is 4.28. The molecule has 178 valence electrons. The van der Waals surface area contributed by atoms with Crippen molar-refractivity contribution in [3.8, 4) is 0 Å². The summed E-state index contributed by atoms with van der Waals surface area (Å²) in [5.74, 6) is -0.208. The van der Waals surface area contributed by atoms with Gasteiger partial charge in [-0.05, 0) is 43.2 Å². The van der Waals surface area contributed by atoms with Gasteiger partial charge in [-0.15, -0.1) is 0 Å². The minimum absolute atomic E-state index is 0. The van der Waals surface area contributed by atoms with Gasteiger partial charge in [0, 0.05) is 16.8 Å². The van der Waals surface area contributed by atoms with Crippen LogP contribution in [0.15, 0.2) is 90.5 Å². The number of anilines is 1. The number of rotatable bonds is 10. The molecule has 5 nitrogen and oxygen atoms in total. The summed E-state index contributed by atoms with van der Waals surface area (Å²) in [5, 5.41) is 15.3. The largest absolute Gasteiger partial charge is 1.00 e. The second-order valence-electron chi connectivity index (χ2n) is 8.19. The van der Waals surface area contributed by atoms with Crippen LogP contribution >= 0.6 is 0 Å². The lowest BCUT2D eigenvalue weighted by molar-refractivity contribution is -0.693. The van der Waals surface area contributed by atoms with Gasteiger partial charge in [0.15, 0.2) is 5.78 Å². The van der Waals surface area contributed by atoms with Gasteiger partial charge >= 0.3 is 0 Å². The van der Waals surface area contributed by atoms with E-state index in [1.54, 1.807) is 31.2 Å². The van der Waals surface area contributed by atoms with Gasteiger partial charge in [-0.25, -0.2) is 0 Å². The van der Waals surface area contributed by atoms with Gasteiger partial charge in [0.05, 0.1) is 13.0 Å².